The van der Waals surface area contributed by atoms with Gasteiger partial charge in [0.05, 0.1) is 0 Å². The number of benzene rings is 18. The van der Waals surface area contributed by atoms with Crippen molar-refractivity contribution in [3.05, 3.63) is 611 Å². The Morgan fingerprint density at radius 1 is 0.189 bits per heavy atom. The topological polar surface area (TPSA) is 93.9 Å². The van der Waals surface area contributed by atoms with E-state index < -0.39 is 21.7 Å². The quantitative estimate of drug-likeness (QED) is 0.0632. The first-order chi connectivity index (χ1) is 70.4. The minimum Gasteiger partial charge on any atom is -0.507 e. The molecule has 0 saturated heterocycles. The van der Waals surface area contributed by atoms with Crippen LogP contribution >= 0.6 is 0 Å². The Kier molecular flexibility index (Phi) is 38.0. The van der Waals surface area contributed by atoms with Crippen molar-refractivity contribution in [2.45, 2.75) is 103 Å². The fraction of sp³-hybridized carbons (Fsp3) is 0.174. The summed E-state index contributed by atoms with van der Waals surface area (Å²) in [7, 11) is 8.48. The van der Waals surface area contributed by atoms with Gasteiger partial charge in [0.25, 0.3) is 0 Å². The number of phenols is 4. The van der Waals surface area contributed by atoms with E-state index in [2.05, 4.69) is 387 Å². The van der Waals surface area contributed by atoms with Crippen LogP contribution in [0.3, 0.4) is 0 Å². The Morgan fingerprint density at radius 2 is 0.311 bits per heavy atom. The summed E-state index contributed by atoms with van der Waals surface area (Å²) in [4.78, 5) is 9.12. The van der Waals surface area contributed by atoms with Crippen molar-refractivity contribution in [2.75, 3.05) is 54.4 Å². The van der Waals surface area contributed by atoms with Crippen molar-refractivity contribution in [3.63, 3.8) is 0 Å². The van der Waals surface area contributed by atoms with Gasteiger partial charge in [-0.2, -0.15) is 148 Å². The van der Waals surface area contributed by atoms with Crippen LogP contribution in [-0.4, -0.2) is 94.4 Å². The van der Waals surface area contributed by atoms with Gasteiger partial charge < -0.3 is 40.0 Å². The fourth-order valence-electron chi connectivity index (χ4n) is 21.4. The monoisotopic (exact) mass is 2090 g/mol. The average molecular weight is 2100 g/mol. The summed E-state index contributed by atoms with van der Waals surface area (Å²) < 4.78 is 0. The van der Waals surface area contributed by atoms with E-state index in [0.29, 0.717) is 49.2 Å². The number of hydrogen-bond acceptors (Lipinski definition) is 8. The van der Waals surface area contributed by atoms with Gasteiger partial charge in [0.2, 0.25) is 0 Å². The molecule has 0 atom stereocenters. The molecule has 0 radical (unpaired) electrons. The molecule has 18 aromatic rings. The maximum Gasteiger partial charge on any atom is 4.00 e. The molecule has 742 valence electrons. The molecule has 4 aliphatic rings. The molecule has 0 unspecified atom stereocenters. The first-order valence-corrected chi connectivity index (χ1v) is 50.5. The minimum absolute atomic E-state index is 0. The third-order valence-corrected chi connectivity index (χ3v) is 28.9. The third kappa shape index (κ3) is 25.2. The summed E-state index contributed by atoms with van der Waals surface area (Å²) in [6, 6.07) is 145. The number of fused-ring (bicyclic) bond motifs is 12. The van der Waals surface area contributed by atoms with E-state index in [0.717, 1.165) is 126 Å². The Bertz CT molecular complexity index is 6310. The number of likely N-dealkylation sites (N-methyl/N-ethyl adjacent to an activating group) is 4. The second kappa shape index (κ2) is 50.6. The molecule has 0 spiro atoms. The van der Waals surface area contributed by atoms with Crippen molar-refractivity contribution in [1.82, 2.24) is 19.6 Å². The molecule has 0 bridgehead atoms. The summed E-state index contributed by atoms with van der Waals surface area (Å²) in [6.45, 7) is 45.6. The Morgan fingerprint density at radius 3 is 0.432 bits per heavy atom. The molecule has 0 saturated carbocycles. The maximum atomic E-state index is 12.0. The summed E-state index contributed by atoms with van der Waals surface area (Å²) in [5, 5.41) is 47.8. The molecular formula is C138H138N4O4Zr2. The van der Waals surface area contributed by atoms with E-state index in [1.54, 1.807) is 0 Å². The summed E-state index contributed by atoms with van der Waals surface area (Å²) in [5.41, 5.74) is 36.5. The maximum absolute atomic E-state index is 12.0. The van der Waals surface area contributed by atoms with Crippen molar-refractivity contribution in [2.24, 2.45) is 0 Å². The van der Waals surface area contributed by atoms with Crippen molar-refractivity contribution < 1.29 is 72.8 Å². The molecule has 8 nitrogen and oxygen atoms in total. The standard InChI is InChI=1S/2C48H48N2O2.6C7H7.2Zr/c2*1-31-25-33(45(51)43(27-31)47(3)39-19-11-7-15-35(39)36-16-8-12-20-40(36)47)29-49(5)23-24-50(6)30-34-26-32(2)28-44(46(34)52)48(4)41-21-13-9-17-37(41)38-18-10-14-22-42(38)48;6*1-7-5-3-2-4-6-7;;/h2*7-22,25-28,51-52H,23-24,29-30H2,1-6H3;6*2-6H,1H2;;/q;;6*-1;+2;+4. The van der Waals surface area contributed by atoms with E-state index in [-0.39, 0.29) is 52.4 Å². The van der Waals surface area contributed by atoms with E-state index in [9.17, 15) is 20.4 Å². The van der Waals surface area contributed by atoms with E-state index in [4.69, 9.17) is 0 Å². The van der Waals surface area contributed by atoms with Gasteiger partial charge in [-0.15, -0.1) is 72.8 Å². The Balaban J connectivity index is 0.000000175. The second-order valence-corrected chi connectivity index (χ2v) is 40.0. The molecule has 10 heteroatoms. The molecule has 18 aromatic carbocycles. The van der Waals surface area contributed by atoms with Gasteiger partial charge in [0.15, 0.2) is 0 Å². The zero-order valence-electron chi connectivity index (χ0n) is 87.9. The SMILES string of the molecule is Cc1cc(CN(C)CCN(C)Cc2cc(C)cc(C3(C)c4ccccc4-c4ccccc43)c2O)c(O)c(C2(C)c3ccccc3-c3ccccc32)c1.Cc1cc(CN(C)CCN(C)Cc2cc(C)cc(C3(C)c4ccccc4-c4ccccc43)c2O)c(O)c(C2(C)c3ccccc3-c3ccccc32)c1.[CH2-]c1ccccc1.[CH2-]c1ccccc1.[CH2-]c1ccccc1.[CH2-]c1ccccc1.[CH2-]c1ccccc1.[CH2-]c1ccccc1.[Zr+2].[Zr+4]. The van der Waals surface area contributed by atoms with E-state index in [1.165, 1.54) is 89.0 Å². The van der Waals surface area contributed by atoms with Crippen LogP contribution in [0.4, 0.5) is 0 Å². The summed E-state index contributed by atoms with van der Waals surface area (Å²) in [6.07, 6.45) is 0. The van der Waals surface area contributed by atoms with E-state index in [1.807, 2.05) is 182 Å². The number of aromatic hydroxyl groups is 4. The zero-order valence-corrected chi connectivity index (χ0v) is 92.8. The molecule has 0 aromatic heterocycles. The van der Waals surface area contributed by atoms with Crippen LogP contribution < -0.4 is 0 Å². The van der Waals surface area contributed by atoms with Crippen molar-refractivity contribution >= 4 is 0 Å². The van der Waals surface area contributed by atoms with Crippen LogP contribution in [0, 0.1) is 69.2 Å². The molecule has 0 fully saturated rings. The molecule has 0 aliphatic heterocycles. The number of aryl methyl sites for hydroxylation is 4. The first kappa shape index (κ1) is 111. The third-order valence-electron chi connectivity index (χ3n) is 28.9. The molecule has 4 aliphatic carbocycles. The number of hydrogen-bond donors (Lipinski definition) is 4. The van der Waals surface area contributed by atoms with Crippen LogP contribution in [0.5, 0.6) is 23.0 Å². The van der Waals surface area contributed by atoms with Gasteiger partial charge in [0, 0.05) is 119 Å². The second-order valence-electron chi connectivity index (χ2n) is 40.0. The van der Waals surface area contributed by atoms with Gasteiger partial charge in [-0.25, -0.2) is 0 Å². The van der Waals surface area contributed by atoms with Crippen molar-refractivity contribution in [3.8, 4) is 67.5 Å². The molecule has 148 heavy (non-hydrogen) atoms. The Hall–Kier alpha value is -14.0. The molecule has 4 N–H and O–H groups in total. The number of phenolic OH excluding ortho intramolecular Hbond substituents is 4. The number of nitrogens with zero attached hydrogens (tertiary/aromatic N) is 4. The van der Waals surface area contributed by atoms with Crippen LogP contribution in [0.2, 0.25) is 0 Å². The van der Waals surface area contributed by atoms with Crippen LogP contribution in [-0.2, 0) is 100 Å². The molecular weight excluding hydrogens is 1960 g/mol. The first-order valence-electron chi connectivity index (χ1n) is 50.5. The molecule has 22 rings (SSSR count). The average Bonchev–Trinajstić information content (AvgIpc) is 1.57. The minimum atomic E-state index is -0.453. The summed E-state index contributed by atoms with van der Waals surface area (Å²) >= 11 is 0. The van der Waals surface area contributed by atoms with Crippen molar-refractivity contribution in [1.29, 1.82) is 0 Å². The van der Waals surface area contributed by atoms with Crippen LogP contribution in [0.15, 0.2) is 425 Å². The van der Waals surface area contributed by atoms with E-state index >= 15 is 0 Å². The van der Waals surface area contributed by atoms with Gasteiger partial charge >= 0.3 is 52.4 Å². The predicted molar refractivity (Wildman–Crippen MR) is 612 cm³/mol. The normalized spacial score (nSPS) is 12.8. The smallest absolute Gasteiger partial charge is 0.507 e. The van der Waals surface area contributed by atoms with Crippen LogP contribution in [0.25, 0.3) is 44.5 Å². The molecule has 0 heterocycles. The number of rotatable bonds is 18. The zero-order chi connectivity index (χ0) is 103. The van der Waals surface area contributed by atoms with Gasteiger partial charge in [-0.3, -0.25) is 0 Å². The summed E-state index contributed by atoms with van der Waals surface area (Å²) in [5.74, 6) is 1.50. The van der Waals surface area contributed by atoms with Gasteiger partial charge in [-0.05, 0) is 173 Å². The fourth-order valence-corrected chi connectivity index (χ4v) is 21.4. The van der Waals surface area contributed by atoms with Crippen LogP contribution in [0.1, 0.15) is 172 Å². The molecule has 0 amide bonds. The van der Waals surface area contributed by atoms with Gasteiger partial charge in [-0.1, -0.05) is 301 Å². The predicted octanol–water partition coefficient (Wildman–Crippen LogP) is 31.1. The largest absolute Gasteiger partial charge is 4.00 e. The van der Waals surface area contributed by atoms with Gasteiger partial charge in [0.1, 0.15) is 23.0 Å². The Labute approximate surface area is 920 Å².